The molecule has 0 bridgehead atoms. The van der Waals surface area contributed by atoms with Gasteiger partial charge in [0.25, 0.3) is 0 Å². The van der Waals surface area contributed by atoms with E-state index in [2.05, 4.69) is 55.4 Å². The zero-order chi connectivity index (χ0) is 16.3. The Kier molecular flexibility index (Phi) is 7.19. The summed E-state index contributed by atoms with van der Waals surface area (Å²) in [4.78, 5) is 0. The van der Waals surface area contributed by atoms with Crippen LogP contribution < -0.4 is 0 Å². The number of methoxy groups -OCH3 is 1. The van der Waals surface area contributed by atoms with Crippen LogP contribution in [0.1, 0.15) is 61.8 Å². The van der Waals surface area contributed by atoms with E-state index in [4.69, 9.17) is 9.47 Å². The standard InChI is InChI=1S/C19H38O2/c1-11(2)10-15-16(12(3)4)17(13(5)6)18(14(7)8)19(20-9)21-15/h11-19H,10H2,1-9H3/t15?,16-,17-,18?,19?/m1/s1. The topological polar surface area (TPSA) is 18.5 Å². The molecule has 1 aliphatic heterocycles. The van der Waals surface area contributed by atoms with Crippen LogP contribution in [0.4, 0.5) is 0 Å². The predicted octanol–water partition coefficient (Wildman–Crippen LogP) is 5.22. The summed E-state index contributed by atoms with van der Waals surface area (Å²) >= 11 is 0. The average Bonchev–Trinajstić information content (AvgIpc) is 2.35. The van der Waals surface area contributed by atoms with Crippen LogP contribution >= 0.6 is 0 Å². The summed E-state index contributed by atoms with van der Waals surface area (Å²) in [5.74, 6) is 4.37. The van der Waals surface area contributed by atoms with Gasteiger partial charge < -0.3 is 9.47 Å². The smallest absolute Gasteiger partial charge is 0.160 e. The van der Waals surface area contributed by atoms with Crippen molar-refractivity contribution >= 4 is 0 Å². The van der Waals surface area contributed by atoms with E-state index >= 15 is 0 Å². The Balaban J connectivity index is 3.16. The second-order valence-corrected chi connectivity index (χ2v) is 8.37. The molecule has 0 aromatic heterocycles. The largest absolute Gasteiger partial charge is 0.356 e. The van der Waals surface area contributed by atoms with Gasteiger partial charge in [0.2, 0.25) is 0 Å². The third-order valence-electron chi connectivity index (χ3n) is 5.19. The van der Waals surface area contributed by atoms with Gasteiger partial charge in [-0.2, -0.15) is 0 Å². The highest BCUT2D eigenvalue weighted by Gasteiger charge is 2.48. The van der Waals surface area contributed by atoms with Crippen LogP contribution in [-0.2, 0) is 9.47 Å². The minimum atomic E-state index is -0.0452. The molecule has 0 radical (unpaired) electrons. The van der Waals surface area contributed by atoms with Gasteiger partial charge in [0.15, 0.2) is 6.29 Å². The molecule has 1 heterocycles. The summed E-state index contributed by atoms with van der Waals surface area (Å²) < 4.78 is 12.2. The summed E-state index contributed by atoms with van der Waals surface area (Å²) in [6.45, 7) is 18.7. The minimum absolute atomic E-state index is 0.0452. The lowest BCUT2D eigenvalue weighted by molar-refractivity contribution is -0.268. The molecule has 0 N–H and O–H groups in total. The molecular weight excluding hydrogens is 260 g/mol. The lowest BCUT2D eigenvalue weighted by atomic mass is 9.62. The summed E-state index contributed by atoms with van der Waals surface area (Å²) in [6.07, 6.45) is 1.42. The molecule has 2 heteroatoms. The Hall–Kier alpha value is -0.0800. The quantitative estimate of drug-likeness (QED) is 0.669. The number of hydrogen-bond donors (Lipinski definition) is 0. The van der Waals surface area contributed by atoms with Gasteiger partial charge in [-0.1, -0.05) is 55.4 Å². The lowest BCUT2D eigenvalue weighted by Gasteiger charge is -2.52. The second-order valence-electron chi connectivity index (χ2n) is 8.37. The summed E-state index contributed by atoms with van der Waals surface area (Å²) in [6, 6.07) is 0. The van der Waals surface area contributed by atoms with E-state index in [0.717, 1.165) is 6.42 Å². The zero-order valence-electron chi connectivity index (χ0n) is 15.7. The molecule has 21 heavy (non-hydrogen) atoms. The van der Waals surface area contributed by atoms with Gasteiger partial charge in [0.1, 0.15) is 0 Å². The second kappa shape index (κ2) is 7.97. The molecule has 0 aromatic rings. The number of ether oxygens (including phenoxy) is 2. The molecule has 0 amide bonds. The van der Waals surface area contributed by atoms with Crippen molar-refractivity contribution in [3.05, 3.63) is 0 Å². The molecule has 5 atom stereocenters. The Morgan fingerprint density at radius 1 is 0.762 bits per heavy atom. The summed E-state index contributed by atoms with van der Waals surface area (Å²) in [5.41, 5.74) is 0. The van der Waals surface area contributed by atoms with Crippen LogP contribution in [0.3, 0.4) is 0 Å². The van der Waals surface area contributed by atoms with Gasteiger partial charge in [-0.05, 0) is 41.9 Å². The maximum Gasteiger partial charge on any atom is 0.160 e. The highest BCUT2D eigenvalue weighted by Crippen LogP contribution is 2.47. The third kappa shape index (κ3) is 4.45. The van der Waals surface area contributed by atoms with Crippen LogP contribution in [-0.4, -0.2) is 19.5 Å². The van der Waals surface area contributed by atoms with E-state index in [1.807, 2.05) is 0 Å². The Morgan fingerprint density at radius 2 is 1.24 bits per heavy atom. The SMILES string of the molecule is COC1OC(CC(C)C)[C@@H](C(C)C)[C@@H](C(C)C)C1C(C)C. The fourth-order valence-electron chi connectivity index (χ4n) is 4.45. The van der Waals surface area contributed by atoms with Crippen molar-refractivity contribution in [2.24, 2.45) is 41.4 Å². The van der Waals surface area contributed by atoms with Crippen LogP contribution in [0.2, 0.25) is 0 Å². The first-order valence-electron chi connectivity index (χ1n) is 8.88. The Morgan fingerprint density at radius 3 is 1.57 bits per heavy atom. The van der Waals surface area contributed by atoms with Crippen molar-refractivity contribution in [2.45, 2.75) is 74.2 Å². The normalized spacial score (nSPS) is 34.4. The Labute approximate surface area is 133 Å². The van der Waals surface area contributed by atoms with Crippen molar-refractivity contribution < 1.29 is 9.47 Å². The molecule has 1 saturated heterocycles. The van der Waals surface area contributed by atoms with Crippen LogP contribution in [0.15, 0.2) is 0 Å². The van der Waals surface area contributed by atoms with Gasteiger partial charge in [-0.25, -0.2) is 0 Å². The average molecular weight is 299 g/mol. The van der Waals surface area contributed by atoms with Crippen LogP contribution in [0, 0.1) is 41.4 Å². The molecule has 1 rings (SSSR count). The van der Waals surface area contributed by atoms with Gasteiger partial charge in [-0.15, -0.1) is 0 Å². The number of rotatable bonds is 6. The highest BCUT2D eigenvalue weighted by atomic mass is 16.7. The van der Waals surface area contributed by atoms with E-state index in [-0.39, 0.29) is 6.29 Å². The fraction of sp³-hybridized carbons (Fsp3) is 1.00. The lowest BCUT2D eigenvalue weighted by Crippen LogP contribution is -2.53. The first-order chi connectivity index (χ1) is 9.70. The van der Waals surface area contributed by atoms with E-state index < -0.39 is 0 Å². The highest BCUT2D eigenvalue weighted by molar-refractivity contribution is 4.93. The molecule has 1 aliphatic rings. The Bertz CT molecular complexity index is 296. The molecule has 0 aliphatic carbocycles. The van der Waals surface area contributed by atoms with Crippen molar-refractivity contribution in [3.63, 3.8) is 0 Å². The first-order valence-corrected chi connectivity index (χ1v) is 8.88. The first kappa shape index (κ1) is 19.0. The van der Waals surface area contributed by atoms with E-state index in [9.17, 15) is 0 Å². The van der Waals surface area contributed by atoms with Crippen LogP contribution in [0.25, 0.3) is 0 Å². The van der Waals surface area contributed by atoms with Gasteiger partial charge >= 0.3 is 0 Å². The minimum Gasteiger partial charge on any atom is -0.356 e. The van der Waals surface area contributed by atoms with Crippen molar-refractivity contribution in [2.75, 3.05) is 7.11 Å². The van der Waals surface area contributed by atoms with Crippen molar-refractivity contribution in [3.8, 4) is 0 Å². The monoisotopic (exact) mass is 298 g/mol. The van der Waals surface area contributed by atoms with Crippen molar-refractivity contribution in [1.29, 1.82) is 0 Å². The molecule has 0 spiro atoms. The number of hydrogen-bond acceptors (Lipinski definition) is 2. The molecule has 3 unspecified atom stereocenters. The maximum atomic E-state index is 6.45. The molecular formula is C19H38O2. The van der Waals surface area contributed by atoms with Gasteiger partial charge in [-0.3, -0.25) is 0 Å². The summed E-state index contributed by atoms with van der Waals surface area (Å²) in [7, 11) is 1.81. The van der Waals surface area contributed by atoms with E-state index in [1.54, 1.807) is 7.11 Å². The van der Waals surface area contributed by atoms with Gasteiger partial charge in [0, 0.05) is 13.0 Å². The van der Waals surface area contributed by atoms with Crippen LogP contribution in [0.5, 0.6) is 0 Å². The van der Waals surface area contributed by atoms with E-state index in [0.29, 0.717) is 47.5 Å². The van der Waals surface area contributed by atoms with Gasteiger partial charge in [0.05, 0.1) is 6.10 Å². The molecule has 126 valence electrons. The predicted molar refractivity (Wildman–Crippen MR) is 90.1 cm³/mol. The zero-order valence-corrected chi connectivity index (χ0v) is 15.7. The third-order valence-corrected chi connectivity index (χ3v) is 5.19. The molecule has 0 aromatic carbocycles. The summed E-state index contributed by atoms with van der Waals surface area (Å²) in [5, 5.41) is 0. The van der Waals surface area contributed by atoms with Crippen molar-refractivity contribution in [1.82, 2.24) is 0 Å². The maximum absolute atomic E-state index is 6.45. The van der Waals surface area contributed by atoms with E-state index in [1.165, 1.54) is 0 Å². The molecule has 2 nitrogen and oxygen atoms in total. The molecule has 0 saturated carbocycles. The fourth-order valence-corrected chi connectivity index (χ4v) is 4.45. The molecule has 1 fully saturated rings.